The number of aryl methyl sites for hydroxylation is 5. The molecule has 1 fully saturated rings. The summed E-state index contributed by atoms with van der Waals surface area (Å²) in [6.07, 6.45) is 6.24. The minimum Gasteiger partial charge on any atom is -0.358 e. The lowest BCUT2D eigenvalue weighted by atomic mass is 10.1. The van der Waals surface area contributed by atoms with Gasteiger partial charge >= 0.3 is 0 Å². The Bertz CT molecular complexity index is 1940. The van der Waals surface area contributed by atoms with Crippen LogP contribution in [-0.2, 0) is 28.0 Å². The summed E-state index contributed by atoms with van der Waals surface area (Å²) < 4.78 is 36.1. The largest absolute Gasteiger partial charge is 0.358 e. The standard InChI is InChI=1S/C31H36N8O3S/c1-18-13-26(37-38(18)5)22-10-11-25(28(14-22)43(6,40)41)36-27-16-23(15-24-17-32-19(2)20(3)33-24)35-31-30(27)34-21(4)39(31)29-9-7-8-12-42-29/h10-11,13-14,16-17,29H,7-9,12,15H2,1-6H3,(H,35,36). The summed E-state index contributed by atoms with van der Waals surface area (Å²) in [5.41, 5.74) is 8.14. The highest BCUT2D eigenvalue weighted by atomic mass is 32.2. The number of hydrogen-bond donors (Lipinski definition) is 1. The van der Waals surface area contributed by atoms with Crippen molar-refractivity contribution in [1.82, 2.24) is 34.3 Å². The zero-order chi connectivity index (χ0) is 30.5. The van der Waals surface area contributed by atoms with Crippen LogP contribution in [0.15, 0.2) is 41.4 Å². The van der Waals surface area contributed by atoms with Crippen molar-refractivity contribution in [2.75, 3.05) is 18.2 Å². The summed E-state index contributed by atoms with van der Waals surface area (Å²) in [6.45, 7) is 8.47. The van der Waals surface area contributed by atoms with E-state index in [1.54, 1.807) is 23.0 Å². The van der Waals surface area contributed by atoms with Gasteiger partial charge in [-0.05, 0) is 71.2 Å². The van der Waals surface area contributed by atoms with E-state index in [2.05, 4.69) is 20.0 Å². The second kappa shape index (κ2) is 11.2. The summed E-state index contributed by atoms with van der Waals surface area (Å²) in [5.74, 6) is 0.782. The number of fused-ring (bicyclic) bond motifs is 1. The summed E-state index contributed by atoms with van der Waals surface area (Å²) >= 11 is 0. The minimum absolute atomic E-state index is 0.163. The van der Waals surface area contributed by atoms with Crippen LogP contribution in [0, 0.1) is 27.7 Å². The molecule has 224 valence electrons. The first-order chi connectivity index (χ1) is 20.5. The molecule has 4 aromatic heterocycles. The highest BCUT2D eigenvalue weighted by Crippen LogP contribution is 2.35. The van der Waals surface area contributed by atoms with Crippen LogP contribution in [0.2, 0.25) is 0 Å². The third-order valence-corrected chi connectivity index (χ3v) is 9.12. The monoisotopic (exact) mass is 600 g/mol. The molecular formula is C31H36N8O3S. The highest BCUT2D eigenvalue weighted by Gasteiger charge is 2.25. The van der Waals surface area contributed by atoms with Crippen LogP contribution in [0.25, 0.3) is 22.4 Å². The Morgan fingerprint density at radius 2 is 1.79 bits per heavy atom. The molecule has 1 aromatic carbocycles. The van der Waals surface area contributed by atoms with Gasteiger partial charge in [0.05, 0.1) is 44.7 Å². The summed E-state index contributed by atoms with van der Waals surface area (Å²) in [4.78, 5) is 19.3. The van der Waals surface area contributed by atoms with Gasteiger partial charge < -0.3 is 10.1 Å². The molecule has 0 spiro atoms. The number of benzene rings is 1. The quantitative estimate of drug-likeness (QED) is 0.265. The van der Waals surface area contributed by atoms with E-state index in [0.29, 0.717) is 41.3 Å². The molecule has 0 saturated carbocycles. The lowest BCUT2D eigenvalue weighted by molar-refractivity contribution is -0.0309. The van der Waals surface area contributed by atoms with Gasteiger partial charge in [0.2, 0.25) is 0 Å². The molecule has 0 amide bonds. The molecule has 1 aliphatic heterocycles. The molecule has 1 atom stereocenters. The van der Waals surface area contributed by atoms with Crippen molar-refractivity contribution in [3.05, 3.63) is 70.8 Å². The van der Waals surface area contributed by atoms with E-state index < -0.39 is 9.84 Å². The first kappa shape index (κ1) is 28.9. The van der Waals surface area contributed by atoms with Crippen molar-refractivity contribution in [2.24, 2.45) is 7.05 Å². The first-order valence-corrected chi connectivity index (χ1v) is 16.3. The van der Waals surface area contributed by atoms with Crippen LogP contribution in [0.1, 0.15) is 59.8 Å². The van der Waals surface area contributed by atoms with Gasteiger partial charge in [-0.25, -0.2) is 18.4 Å². The number of anilines is 2. The zero-order valence-electron chi connectivity index (χ0n) is 25.3. The lowest BCUT2D eigenvalue weighted by Gasteiger charge is -2.25. The van der Waals surface area contributed by atoms with E-state index in [-0.39, 0.29) is 11.1 Å². The van der Waals surface area contributed by atoms with Crippen LogP contribution in [0.3, 0.4) is 0 Å². The summed E-state index contributed by atoms with van der Waals surface area (Å²) in [6, 6.07) is 9.18. The third kappa shape index (κ3) is 5.76. The van der Waals surface area contributed by atoms with Gasteiger partial charge in [0.1, 0.15) is 17.6 Å². The van der Waals surface area contributed by atoms with Crippen LogP contribution in [0.4, 0.5) is 11.4 Å². The summed E-state index contributed by atoms with van der Waals surface area (Å²) in [5, 5.41) is 7.95. The fraction of sp³-hybridized carbons (Fsp3) is 0.387. The van der Waals surface area contributed by atoms with Crippen molar-refractivity contribution >= 4 is 32.4 Å². The average Bonchev–Trinajstić information content (AvgIpc) is 3.48. The molecule has 1 N–H and O–H groups in total. The maximum Gasteiger partial charge on any atom is 0.177 e. The molecule has 6 rings (SSSR count). The molecule has 0 radical (unpaired) electrons. The number of imidazole rings is 1. The van der Waals surface area contributed by atoms with Crippen molar-refractivity contribution in [3.63, 3.8) is 0 Å². The second-order valence-electron chi connectivity index (χ2n) is 11.3. The molecule has 1 saturated heterocycles. The number of nitrogens with zero attached hydrogens (tertiary/aromatic N) is 7. The third-order valence-electron chi connectivity index (χ3n) is 7.99. The van der Waals surface area contributed by atoms with Crippen LogP contribution >= 0.6 is 0 Å². The van der Waals surface area contributed by atoms with E-state index in [1.807, 2.05) is 52.9 Å². The van der Waals surface area contributed by atoms with Gasteiger partial charge in [0.15, 0.2) is 15.5 Å². The number of rotatable bonds is 7. The van der Waals surface area contributed by atoms with Crippen molar-refractivity contribution in [1.29, 1.82) is 0 Å². The van der Waals surface area contributed by atoms with Gasteiger partial charge in [-0.2, -0.15) is 5.10 Å². The van der Waals surface area contributed by atoms with Gasteiger partial charge in [0.25, 0.3) is 0 Å². The second-order valence-corrected chi connectivity index (χ2v) is 13.3. The average molecular weight is 601 g/mol. The van der Waals surface area contributed by atoms with Crippen molar-refractivity contribution in [3.8, 4) is 11.3 Å². The first-order valence-electron chi connectivity index (χ1n) is 14.4. The molecule has 5 aromatic rings. The van der Waals surface area contributed by atoms with E-state index >= 15 is 0 Å². The Hall–Kier alpha value is -4.16. The minimum atomic E-state index is -3.60. The van der Waals surface area contributed by atoms with Crippen LogP contribution in [0.5, 0.6) is 0 Å². The topological polar surface area (TPSA) is 130 Å². The van der Waals surface area contributed by atoms with Gasteiger partial charge in [-0.15, -0.1) is 0 Å². The highest BCUT2D eigenvalue weighted by molar-refractivity contribution is 7.90. The number of nitrogens with one attached hydrogen (secondary N) is 1. The molecule has 43 heavy (non-hydrogen) atoms. The van der Waals surface area contributed by atoms with E-state index in [9.17, 15) is 8.42 Å². The van der Waals surface area contributed by atoms with Crippen molar-refractivity contribution < 1.29 is 13.2 Å². The number of sulfone groups is 1. The molecule has 1 unspecified atom stereocenters. The number of aromatic nitrogens is 7. The van der Waals surface area contributed by atoms with E-state index in [1.165, 1.54) is 6.26 Å². The molecule has 1 aliphatic rings. The summed E-state index contributed by atoms with van der Waals surface area (Å²) in [7, 11) is -1.74. The molecule has 0 bridgehead atoms. The normalized spacial score (nSPS) is 15.7. The van der Waals surface area contributed by atoms with Gasteiger partial charge in [-0.3, -0.25) is 19.2 Å². The Labute approximate surface area is 251 Å². The maximum absolute atomic E-state index is 13.1. The zero-order valence-corrected chi connectivity index (χ0v) is 26.2. The Balaban J connectivity index is 1.48. The number of pyridine rings is 1. The smallest absolute Gasteiger partial charge is 0.177 e. The van der Waals surface area contributed by atoms with E-state index in [0.717, 1.165) is 59.1 Å². The molecule has 12 heteroatoms. The SMILES string of the molecule is Cc1ncc(Cc2cc(Nc3ccc(-c4cc(C)n(C)n4)cc3S(C)(=O)=O)c3nc(C)n(C4CCCCO4)c3n2)nc1C. The number of hydrogen-bond acceptors (Lipinski definition) is 9. The van der Waals surface area contributed by atoms with Crippen molar-refractivity contribution in [2.45, 2.75) is 64.5 Å². The van der Waals surface area contributed by atoms with Crippen LogP contribution in [-0.4, -0.2) is 55.6 Å². The predicted molar refractivity (Wildman–Crippen MR) is 165 cm³/mol. The Morgan fingerprint density at radius 1 is 0.977 bits per heavy atom. The van der Waals surface area contributed by atoms with Gasteiger partial charge in [-0.1, -0.05) is 6.07 Å². The Morgan fingerprint density at radius 3 is 2.47 bits per heavy atom. The lowest BCUT2D eigenvalue weighted by Crippen LogP contribution is -2.19. The van der Waals surface area contributed by atoms with Gasteiger partial charge in [0, 0.05) is 43.8 Å². The van der Waals surface area contributed by atoms with E-state index in [4.69, 9.17) is 19.7 Å². The fourth-order valence-electron chi connectivity index (χ4n) is 5.48. The van der Waals surface area contributed by atoms with Crippen LogP contribution < -0.4 is 5.32 Å². The maximum atomic E-state index is 13.1. The fourth-order valence-corrected chi connectivity index (χ4v) is 6.34. The Kier molecular flexibility index (Phi) is 7.51. The molecule has 11 nitrogen and oxygen atoms in total. The molecule has 0 aliphatic carbocycles. The predicted octanol–water partition coefficient (Wildman–Crippen LogP) is 5.29. The number of ether oxygens (including phenoxy) is 1. The molecule has 5 heterocycles. The molecular weight excluding hydrogens is 564 g/mol.